The number of aromatic nitrogens is 4. The van der Waals surface area contributed by atoms with Gasteiger partial charge in [0, 0.05) is 24.2 Å². The number of anilines is 1. The molecule has 0 spiro atoms. The van der Waals surface area contributed by atoms with Gasteiger partial charge in [-0.05, 0) is 34.7 Å². The summed E-state index contributed by atoms with van der Waals surface area (Å²) < 4.78 is 6.53. The van der Waals surface area contributed by atoms with Crippen molar-refractivity contribution in [2.75, 3.05) is 11.1 Å². The van der Waals surface area contributed by atoms with Crippen LogP contribution in [0.25, 0.3) is 11.0 Å². The van der Waals surface area contributed by atoms with Crippen LogP contribution in [0.1, 0.15) is 0 Å². The zero-order valence-corrected chi connectivity index (χ0v) is 12.3. The second-order valence-corrected chi connectivity index (χ2v) is 5.37. The summed E-state index contributed by atoms with van der Waals surface area (Å²) in [6.45, 7) is 0. The minimum absolute atomic E-state index is 0.176. The van der Waals surface area contributed by atoms with Gasteiger partial charge in [0.15, 0.2) is 0 Å². The van der Waals surface area contributed by atoms with Crippen LogP contribution in [-0.4, -0.2) is 31.9 Å². The van der Waals surface area contributed by atoms with E-state index >= 15 is 0 Å². The summed E-state index contributed by atoms with van der Waals surface area (Å²) in [4.78, 5) is 23.0. The van der Waals surface area contributed by atoms with Crippen LogP contribution in [0.5, 0.6) is 0 Å². The van der Waals surface area contributed by atoms with Gasteiger partial charge in [-0.2, -0.15) is 0 Å². The first-order chi connectivity index (χ1) is 10.6. The van der Waals surface area contributed by atoms with E-state index in [0.717, 1.165) is 5.39 Å². The van der Waals surface area contributed by atoms with E-state index in [1.165, 1.54) is 22.5 Å². The maximum absolute atomic E-state index is 11.9. The fourth-order valence-electron chi connectivity index (χ4n) is 1.82. The molecule has 3 rings (SSSR count). The third-order valence-electron chi connectivity index (χ3n) is 2.82. The number of tetrazole rings is 1. The third-order valence-corrected chi connectivity index (χ3v) is 3.83. The van der Waals surface area contributed by atoms with E-state index in [9.17, 15) is 9.59 Å². The molecule has 0 bridgehead atoms. The number of nitrogens with one attached hydrogen (secondary N) is 1. The number of hydrogen-bond acceptors (Lipinski definition) is 7. The van der Waals surface area contributed by atoms with Crippen LogP contribution in [0.4, 0.5) is 5.69 Å². The highest BCUT2D eigenvalue weighted by Crippen LogP contribution is 2.18. The van der Waals surface area contributed by atoms with E-state index in [0.29, 0.717) is 16.4 Å². The lowest BCUT2D eigenvalue weighted by atomic mass is 10.2. The fourth-order valence-corrected chi connectivity index (χ4v) is 2.47. The van der Waals surface area contributed by atoms with Gasteiger partial charge >= 0.3 is 5.63 Å². The van der Waals surface area contributed by atoms with Gasteiger partial charge in [-0.15, -0.1) is 5.10 Å². The number of aryl methyl sites for hydroxylation is 1. The van der Waals surface area contributed by atoms with Crippen molar-refractivity contribution in [2.45, 2.75) is 5.16 Å². The predicted molar refractivity (Wildman–Crippen MR) is 80.6 cm³/mol. The molecule has 8 nitrogen and oxygen atoms in total. The lowest BCUT2D eigenvalue weighted by molar-refractivity contribution is -0.113. The van der Waals surface area contributed by atoms with Crippen LogP contribution in [0, 0.1) is 0 Å². The summed E-state index contributed by atoms with van der Waals surface area (Å²) >= 11 is 1.24. The zero-order chi connectivity index (χ0) is 15.5. The number of rotatable bonds is 4. The van der Waals surface area contributed by atoms with Gasteiger partial charge in [-0.3, -0.25) is 4.79 Å². The molecule has 1 N–H and O–H groups in total. The monoisotopic (exact) mass is 317 g/mol. The highest BCUT2D eigenvalue weighted by atomic mass is 32.2. The van der Waals surface area contributed by atoms with Crippen LogP contribution in [-0.2, 0) is 11.8 Å². The van der Waals surface area contributed by atoms with Gasteiger partial charge in [0.2, 0.25) is 11.1 Å². The number of fused-ring (bicyclic) bond motifs is 1. The molecule has 0 aliphatic heterocycles. The topological polar surface area (TPSA) is 103 Å². The van der Waals surface area contributed by atoms with Gasteiger partial charge in [0.25, 0.3) is 0 Å². The minimum atomic E-state index is -0.405. The van der Waals surface area contributed by atoms with Crippen LogP contribution < -0.4 is 10.9 Å². The smallest absolute Gasteiger partial charge is 0.336 e. The number of carbonyl (C=O) groups is 1. The molecule has 1 amide bonds. The van der Waals surface area contributed by atoms with E-state index in [-0.39, 0.29) is 11.7 Å². The molecule has 0 radical (unpaired) electrons. The normalized spacial score (nSPS) is 10.8. The van der Waals surface area contributed by atoms with Crippen LogP contribution >= 0.6 is 11.8 Å². The van der Waals surface area contributed by atoms with Crippen molar-refractivity contribution in [2.24, 2.45) is 7.05 Å². The van der Waals surface area contributed by atoms with E-state index in [1.54, 1.807) is 31.3 Å². The molecule has 0 aliphatic carbocycles. The Balaban J connectivity index is 1.67. The zero-order valence-electron chi connectivity index (χ0n) is 11.5. The summed E-state index contributed by atoms with van der Waals surface area (Å²) in [5.41, 5.74) is 0.700. The first kappa shape index (κ1) is 14.3. The summed E-state index contributed by atoms with van der Waals surface area (Å²) in [7, 11) is 1.71. The third kappa shape index (κ3) is 3.14. The van der Waals surface area contributed by atoms with Gasteiger partial charge in [-0.1, -0.05) is 11.8 Å². The van der Waals surface area contributed by atoms with E-state index in [1.807, 2.05) is 0 Å². The lowest BCUT2D eigenvalue weighted by Gasteiger charge is -2.05. The Bertz CT molecular complexity index is 889. The number of carbonyl (C=O) groups excluding carboxylic acids is 1. The quantitative estimate of drug-likeness (QED) is 0.566. The number of nitrogens with zero attached hydrogens (tertiary/aromatic N) is 4. The van der Waals surface area contributed by atoms with Crippen molar-refractivity contribution >= 4 is 34.3 Å². The van der Waals surface area contributed by atoms with Crippen molar-refractivity contribution < 1.29 is 9.21 Å². The maximum atomic E-state index is 11.9. The molecule has 1 aromatic carbocycles. The van der Waals surface area contributed by atoms with Crippen LogP contribution in [0.2, 0.25) is 0 Å². The van der Waals surface area contributed by atoms with Crippen molar-refractivity contribution in [1.82, 2.24) is 20.2 Å². The Hall–Kier alpha value is -2.68. The van der Waals surface area contributed by atoms with Gasteiger partial charge < -0.3 is 9.73 Å². The molecule has 0 saturated carbocycles. The molecule has 2 aromatic heterocycles. The fraction of sp³-hybridized carbons (Fsp3) is 0.154. The minimum Gasteiger partial charge on any atom is -0.423 e. The Morgan fingerprint density at radius 1 is 1.36 bits per heavy atom. The van der Waals surface area contributed by atoms with Crippen molar-refractivity contribution in [3.05, 3.63) is 40.8 Å². The molecule has 2 heterocycles. The first-order valence-electron chi connectivity index (χ1n) is 6.31. The Morgan fingerprint density at radius 2 is 2.23 bits per heavy atom. The number of hydrogen-bond donors (Lipinski definition) is 1. The lowest BCUT2D eigenvalue weighted by Crippen LogP contribution is -2.14. The number of thioether (sulfide) groups is 1. The molecule has 0 atom stereocenters. The second kappa shape index (κ2) is 5.98. The van der Waals surface area contributed by atoms with Crippen molar-refractivity contribution in [3.63, 3.8) is 0 Å². The molecule has 0 saturated heterocycles. The second-order valence-electron chi connectivity index (χ2n) is 4.43. The van der Waals surface area contributed by atoms with Crippen LogP contribution in [0.3, 0.4) is 0 Å². The molecule has 3 aromatic rings. The van der Waals surface area contributed by atoms with E-state index in [4.69, 9.17) is 4.42 Å². The molecule has 0 fully saturated rings. The van der Waals surface area contributed by atoms with E-state index < -0.39 is 5.63 Å². The Kier molecular flexibility index (Phi) is 3.88. The highest BCUT2D eigenvalue weighted by Gasteiger charge is 2.08. The Morgan fingerprint density at radius 3 is 3.00 bits per heavy atom. The van der Waals surface area contributed by atoms with Crippen LogP contribution in [0.15, 0.2) is 44.7 Å². The summed E-state index contributed by atoms with van der Waals surface area (Å²) in [6, 6.07) is 8.05. The Labute approximate surface area is 128 Å². The molecular formula is C13H11N5O3S. The van der Waals surface area contributed by atoms with E-state index in [2.05, 4.69) is 20.8 Å². The average Bonchev–Trinajstić information content (AvgIpc) is 2.91. The number of benzene rings is 1. The van der Waals surface area contributed by atoms with Crippen molar-refractivity contribution in [3.8, 4) is 0 Å². The van der Waals surface area contributed by atoms with Gasteiger partial charge in [0.05, 0.1) is 5.75 Å². The van der Waals surface area contributed by atoms with Crippen molar-refractivity contribution in [1.29, 1.82) is 0 Å². The SMILES string of the molecule is Cn1nnnc1SCC(=O)Nc1ccc2oc(=O)ccc2c1. The first-order valence-corrected chi connectivity index (χ1v) is 7.29. The molecule has 112 valence electrons. The predicted octanol–water partition coefficient (Wildman–Crippen LogP) is 1.05. The molecule has 0 aliphatic rings. The molecular weight excluding hydrogens is 306 g/mol. The summed E-state index contributed by atoms with van der Waals surface area (Å²) in [5, 5.41) is 15.0. The number of amides is 1. The highest BCUT2D eigenvalue weighted by molar-refractivity contribution is 7.99. The maximum Gasteiger partial charge on any atom is 0.336 e. The average molecular weight is 317 g/mol. The standard InChI is InChI=1S/C13H11N5O3S/c1-18-13(15-16-17-18)22-7-11(19)14-9-3-4-10-8(6-9)2-5-12(20)21-10/h2-6H,7H2,1H3,(H,14,19). The van der Waals surface area contributed by atoms with Gasteiger partial charge in [-0.25, -0.2) is 9.48 Å². The summed E-state index contributed by atoms with van der Waals surface area (Å²) in [5.74, 6) is 0.0144. The molecule has 22 heavy (non-hydrogen) atoms. The largest absolute Gasteiger partial charge is 0.423 e. The molecule has 0 unspecified atom stereocenters. The summed E-state index contributed by atoms with van der Waals surface area (Å²) in [6.07, 6.45) is 0. The van der Waals surface area contributed by atoms with Gasteiger partial charge in [0.1, 0.15) is 5.58 Å². The molecule has 9 heteroatoms.